The highest BCUT2D eigenvalue weighted by Crippen LogP contribution is 2.26. The Balaban J connectivity index is 3.07. The zero-order valence-electron chi connectivity index (χ0n) is 6.94. The van der Waals surface area contributed by atoms with Crippen LogP contribution in [-0.4, -0.2) is 6.03 Å². The van der Waals surface area contributed by atoms with E-state index in [0.717, 1.165) is 19.0 Å². The smallest absolute Gasteiger partial charge is 0.244 e. The molecule has 1 heterocycles. The van der Waals surface area contributed by atoms with Crippen molar-refractivity contribution in [2.45, 2.75) is 6.92 Å². The molecule has 1 aliphatic rings. The molecule has 0 atom stereocenters. The summed E-state index contributed by atoms with van der Waals surface area (Å²) in [6.07, 6.45) is 0. The summed E-state index contributed by atoms with van der Waals surface area (Å²) in [6, 6.07) is -0.459. The molecule has 0 fully saturated rings. The number of amides is 2. The Kier molecular flexibility index (Phi) is 2.61. The maximum Gasteiger partial charge on any atom is 0.368 e. The molecule has 0 saturated carbocycles. The van der Waals surface area contributed by atoms with Gasteiger partial charge in [0.1, 0.15) is 10.7 Å². The number of urea groups is 1. The van der Waals surface area contributed by atoms with Gasteiger partial charge in [-0.05, 0) is 60.3 Å². The standard InChI is InChI=1S/C8H3Br3N2O/c1-2-3(9)5(11)7-6(4(2)10)12-8(14)13-7/h1H3. The van der Waals surface area contributed by atoms with Crippen LogP contribution in [0, 0.1) is 6.92 Å². The maximum atomic E-state index is 11.0. The lowest BCUT2D eigenvalue weighted by atomic mass is 10.2. The van der Waals surface area contributed by atoms with Gasteiger partial charge in [0.2, 0.25) is 0 Å². The SMILES string of the molecule is Cc1c(Br)c(Br)c2c(c1Br)=NC(=O)N=2. The minimum atomic E-state index is -0.459. The lowest BCUT2D eigenvalue weighted by molar-refractivity contribution is 0.256. The van der Waals surface area contributed by atoms with E-state index in [-0.39, 0.29) is 0 Å². The monoisotopic (exact) mass is 380 g/mol. The van der Waals surface area contributed by atoms with Gasteiger partial charge in [-0.2, -0.15) is 9.98 Å². The minimum Gasteiger partial charge on any atom is -0.244 e. The van der Waals surface area contributed by atoms with Crippen molar-refractivity contribution in [2.75, 3.05) is 0 Å². The van der Waals surface area contributed by atoms with Crippen LogP contribution >= 0.6 is 47.8 Å². The van der Waals surface area contributed by atoms with E-state index in [1.54, 1.807) is 0 Å². The molecule has 2 amide bonds. The summed E-state index contributed by atoms with van der Waals surface area (Å²) < 4.78 is 2.46. The van der Waals surface area contributed by atoms with Crippen LogP contribution in [0.15, 0.2) is 23.4 Å². The molecule has 0 spiro atoms. The molecule has 0 unspecified atom stereocenters. The molecule has 2 rings (SSSR count). The molecular formula is C8H3Br3N2O. The van der Waals surface area contributed by atoms with Crippen LogP contribution in [0.25, 0.3) is 0 Å². The van der Waals surface area contributed by atoms with E-state index in [2.05, 4.69) is 57.8 Å². The van der Waals surface area contributed by atoms with Crippen molar-refractivity contribution in [1.29, 1.82) is 0 Å². The van der Waals surface area contributed by atoms with Crippen molar-refractivity contribution >= 4 is 53.8 Å². The fraction of sp³-hybridized carbons (Fsp3) is 0.125. The van der Waals surface area contributed by atoms with Crippen molar-refractivity contribution in [1.82, 2.24) is 0 Å². The average molecular weight is 383 g/mol. The van der Waals surface area contributed by atoms with Gasteiger partial charge < -0.3 is 0 Å². The second-order valence-electron chi connectivity index (χ2n) is 2.77. The van der Waals surface area contributed by atoms with Crippen LogP contribution in [0.1, 0.15) is 5.56 Å². The maximum absolute atomic E-state index is 11.0. The Morgan fingerprint density at radius 3 is 2.00 bits per heavy atom. The summed E-state index contributed by atoms with van der Waals surface area (Å²) in [5.74, 6) is 0. The van der Waals surface area contributed by atoms with Gasteiger partial charge in [0.15, 0.2) is 0 Å². The molecule has 0 bridgehead atoms. The minimum absolute atomic E-state index is 0.459. The van der Waals surface area contributed by atoms with Crippen LogP contribution in [0.2, 0.25) is 0 Å². The van der Waals surface area contributed by atoms with Gasteiger partial charge in [-0.1, -0.05) is 0 Å². The Morgan fingerprint density at radius 2 is 1.43 bits per heavy atom. The highest BCUT2D eigenvalue weighted by Gasteiger charge is 2.16. The number of hydrogen-bond donors (Lipinski definition) is 0. The largest absolute Gasteiger partial charge is 0.368 e. The summed E-state index contributed by atoms with van der Waals surface area (Å²) in [4.78, 5) is 18.6. The van der Waals surface area contributed by atoms with E-state index < -0.39 is 6.03 Å². The molecule has 0 N–H and O–H groups in total. The number of carbonyl (C=O) groups excluding carboxylic acids is 1. The lowest BCUT2D eigenvalue weighted by Gasteiger charge is -2.02. The third-order valence-corrected chi connectivity index (χ3v) is 5.17. The molecule has 1 aromatic rings. The zero-order chi connectivity index (χ0) is 10.5. The van der Waals surface area contributed by atoms with E-state index in [0.29, 0.717) is 10.7 Å². The fourth-order valence-electron chi connectivity index (χ4n) is 1.17. The molecule has 72 valence electrons. The van der Waals surface area contributed by atoms with Crippen molar-refractivity contribution in [2.24, 2.45) is 9.98 Å². The number of rotatable bonds is 0. The summed E-state index contributed by atoms with van der Waals surface area (Å²) in [5.41, 5.74) is 0.990. The Labute approximate surface area is 105 Å². The van der Waals surface area contributed by atoms with Crippen molar-refractivity contribution < 1.29 is 4.79 Å². The first-order valence-electron chi connectivity index (χ1n) is 3.67. The van der Waals surface area contributed by atoms with Gasteiger partial charge in [0.25, 0.3) is 0 Å². The van der Waals surface area contributed by atoms with Gasteiger partial charge in [-0.15, -0.1) is 0 Å². The molecule has 0 saturated heterocycles. The molecular weight excluding hydrogens is 380 g/mol. The highest BCUT2D eigenvalue weighted by atomic mass is 79.9. The van der Waals surface area contributed by atoms with Crippen LogP contribution < -0.4 is 10.7 Å². The van der Waals surface area contributed by atoms with Crippen molar-refractivity contribution in [3.05, 3.63) is 29.7 Å². The Hall–Kier alpha value is -0.0700. The van der Waals surface area contributed by atoms with Crippen LogP contribution in [-0.2, 0) is 0 Å². The second kappa shape index (κ2) is 3.50. The first-order chi connectivity index (χ1) is 6.52. The highest BCUT2D eigenvalue weighted by molar-refractivity contribution is 9.13. The first-order valence-corrected chi connectivity index (χ1v) is 6.04. The first kappa shape index (κ1) is 10.4. The molecule has 1 aromatic carbocycles. The molecule has 0 radical (unpaired) electrons. The molecule has 3 nitrogen and oxygen atoms in total. The van der Waals surface area contributed by atoms with Crippen LogP contribution in [0.4, 0.5) is 4.79 Å². The average Bonchev–Trinajstić information content (AvgIpc) is 2.54. The third kappa shape index (κ3) is 1.40. The second-order valence-corrected chi connectivity index (χ2v) is 5.15. The third-order valence-electron chi connectivity index (χ3n) is 1.91. The van der Waals surface area contributed by atoms with Crippen LogP contribution in [0.5, 0.6) is 0 Å². The predicted molar refractivity (Wildman–Crippen MR) is 62.0 cm³/mol. The molecule has 0 aromatic heterocycles. The number of fused-ring (bicyclic) bond motifs is 1. The number of halogens is 3. The van der Waals surface area contributed by atoms with Crippen molar-refractivity contribution in [3.8, 4) is 0 Å². The molecule has 1 aliphatic heterocycles. The Bertz CT molecular complexity index is 516. The number of nitrogens with zero attached hydrogens (tertiary/aromatic N) is 2. The van der Waals surface area contributed by atoms with E-state index in [1.165, 1.54) is 0 Å². The summed E-state index contributed by atoms with van der Waals surface area (Å²) >= 11 is 10.2. The fourth-order valence-corrected chi connectivity index (χ4v) is 2.87. The number of carbonyl (C=O) groups is 1. The summed E-state index contributed by atoms with van der Waals surface area (Å²) in [5, 5.41) is 1.18. The lowest BCUT2D eigenvalue weighted by Crippen LogP contribution is -2.26. The van der Waals surface area contributed by atoms with Gasteiger partial charge in [0, 0.05) is 8.95 Å². The molecule has 6 heteroatoms. The summed E-state index contributed by atoms with van der Waals surface area (Å²) in [7, 11) is 0. The summed E-state index contributed by atoms with van der Waals surface area (Å²) in [6.45, 7) is 1.93. The van der Waals surface area contributed by atoms with E-state index in [1.807, 2.05) is 6.92 Å². The van der Waals surface area contributed by atoms with Gasteiger partial charge in [0.05, 0.1) is 4.47 Å². The van der Waals surface area contributed by atoms with Crippen molar-refractivity contribution in [3.63, 3.8) is 0 Å². The number of hydrogen-bond acceptors (Lipinski definition) is 1. The zero-order valence-corrected chi connectivity index (χ0v) is 11.7. The quantitative estimate of drug-likeness (QED) is 0.636. The van der Waals surface area contributed by atoms with E-state index in [4.69, 9.17) is 0 Å². The Morgan fingerprint density at radius 1 is 0.929 bits per heavy atom. The van der Waals surface area contributed by atoms with Crippen LogP contribution in [0.3, 0.4) is 0 Å². The number of benzene rings is 1. The normalized spacial score (nSPS) is 13.6. The molecule has 0 aliphatic carbocycles. The van der Waals surface area contributed by atoms with Gasteiger partial charge in [-0.3, -0.25) is 0 Å². The topological polar surface area (TPSA) is 41.8 Å². The van der Waals surface area contributed by atoms with E-state index in [9.17, 15) is 4.79 Å². The predicted octanol–water partition coefficient (Wildman–Crippen LogP) is 2.66. The van der Waals surface area contributed by atoms with Gasteiger partial charge >= 0.3 is 6.03 Å². The molecule has 14 heavy (non-hydrogen) atoms. The van der Waals surface area contributed by atoms with E-state index >= 15 is 0 Å². The van der Waals surface area contributed by atoms with Gasteiger partial charge in [-0.25, -0.2) is 4.79 Å².